The van der Waals surface area contributed by atoms with Gasteiger partial charge in [-0.25, -0.2) is 0 Å². The summed E-state index contributed by atoms with van der Waals surface area (Å²) in [4.78, 5) is 5.00. The van der Waals surface area contributed by atoms with E-state index in [1.165, 1.54) is 141 Å². The third kappa shape index (κ3) is 7.47. The molecular weight excluding hydrogens is 809 g/mol. The van der Waals surface area contributed by atoms with Crippen LogP contribution < -0.4 is 9.80 Å². The van der Waals surface area contributed by atoms with Crippen molar-refractivity contribution in [3.05, 3.63) is 208 Å². The topological polar surface area (TPSA) is 6.48 Å². The monoisotopic (exact) mass is 877 g/mol. The summed E-state index contributed by atoms with van der Waals surface area (Å²) in [7, 11) is 0. The minimum absolute atomic E-state index is 0.220. The Balaban J connectivity index is 0.985. The molecule has 2 atom stereocenters. The zero-order valence-electron chi connectivity index (χ0n) is 41.1. The number of aryl methyl sites for hydroxylation is 5. The Kier molecular flexibility index (Phi) is 10.8. The lowest BCUT2D eigenvalue weighted by molar-refractivity contribution is -0.0281. The summed E-state index contributed by atoms with van der Waals surface area (Å²) in [6.07, 6.45) is 13.5. The van der Waals surface area contributed by atoms with Crippen LogP contribution in [-0.4, -0.2) is 0 Å². The molecule has 4 fully saturated rings. The van der Waals surface area contributed by atoms with Gasteiger partial charge in [0.2, 0.25) is 0 Å². The molecule has 2 heteroatoms. The summed E-state index contributed by atoms with van der Waals surface area (Å²) < 4.78 is 0. The zero-order valence-corrected chi connectivity index (χ0v) is 41.1. The Labute approximate surface area is 401 Å². The van der Waals surface area contributed by atoms with Crippen LogP contribution in [0.4, 0.5) is 34.1 Å². The van der Waals surface area contributed by atoms with E-state index in [4.69, 9.17) is 0 Å². The average molecular weight is 877 g/mol. The molecule has 67 heavy (non-hydrogen) atoms. The molecule has 4 bridgehead atoms. The van der Waals surface area contributed by atoms with Crippen molar-refractivity contribution >= 4 is 40.2 Å². The van der Waals surface area contributed by atoms with Gasteiger partial charge in [-0.3, -0.25) is 0 Å². The van der Waals surface area contributed by atoms with Crippen molar-refractivity contribution in [3.8, 4) is 11.1 Å². The molecule has 0 heterocycles. The van der Waals surface area contributed by atoms with Crippen LogP contribution in [0.25, 0.3) is 17.2 Å². The Morgan fingerprint density at radius 2 is 0.940 bits per heavy atom. The second-order valence-corrected chi connectivity index (χ2v) is 22.0. The van der Waals surface area contributed by atoms with Gasteiger partial charge in [0, 0.05) is 39.5 Å². The highest BCUT2D eigenvalue weighted by atomic mass is 15.2. The molecule has 0 amide bonds. The first-order chi connectivity index (χ1) is 32.4. The number of hydrogen-bond acceptors (Lipinski definition) is 2. The molecule has 0 N–H and O–H groups in total. The van der Waals surface area contributed by atoms with Crippen molar-refractivity contribution in [2.75, 3.05) is 9.80 Å². The summed E-state index contributed by atoms with van der Waals surface area (Å²) in [5, 5.41) is 0. The molecule has 2 unspecified atom stereocenters. The van der Waals surface area contributed by atoms with E-state index in [2.05, 4.69) is 210 Å². The number of nitrogens with zero attached hydrogens (tertiary/aromatic N) is 2. The molecule has 12 rings (SSSR count). The molecule has 2 nitrogen and oxygen atoms in total. The van der Waals surface area contributed by atoms with Gasteiger partial charge in [-0.05, 0) is 230 Å². The van der Waals surface area contributed by atoms with Crippen LogP contribution in [-0.2, 0) is 22.7 Å². The Bertz CT molecular complexity index is 2910. The zero-order chi connectivity index (χ0) is 46.2. The smallest absolute Gasteiger partial charge is 0.0494 e. The Morgan fingerprint density at radius 1 is 0.537 bits per heavy atom. The van der Waals surface area contributed by atoms with Crippen molar-refractivity contribution in [2.45, 2.75) is 122 Å². The standard InChI is InChI=1S/C65H68N2/c1-9-11-12-48-19-29-55(30-20-48)67(56-31-23-52(24-32-56)65-40-49-35-50(41-65)39-64(38-49,42-65)51-21-17-47(10-2)18-22-51)62-37-60-58(34-46(62)6)57-33-45(5)61(36-59(57)63(60,7)8)66(53-25-13-43(3)14-26-53)54-27-15-44(4)16-28-54/h10,13-34,36-37,49-50H,2,9,11-12,35,38-42H2,1,3-8H3. The Hall–Kier alpha value is -6.12. The molecule has 7 aromatic rings. The largest absolute Gasteiger partial charge is 0.310 e. The third-order valence-electron chi connectivity index (χ3n) is 16.9. The van der Waals surface area contributed by atoms with Gasteiger partial charge in [0.15, 0.2) is 0 Å². The van der Waals surface area contributed by atoms with Crippen molar-refractivity contribution in [1.82, 2.24) is 0 Å². The molecule has 0 radical (unpaired) electrons. The minimum atomic E-state index is -0.220. The fourth-order valence-electron chi connectivity index (χ4n) is 13.8. The van der Waals surface area contributed by atoms with Gasteiger partial charge < -0.3 is 9.80 Å². The second-order valence-electron chi connectivity index (χ2n) is 22.0. The van der Waals surface area contributed by atoms with Gasteiger partial charge in [0.05, 0.1) is 0 Å². The van der Waals surface area contributed by atoms with Crippen LogP contribution in [0.3, 0.4) is 0 Å². The molecule has 0 saturated heterocycles. The van der Waals surface area contributed by atoms with E-state index in [0.717, 1.165) is 18.3 Å². The second kappa shape index (κ2) is 16.6. The molecule has 5 aliphatic carbocycles. The van der Waals surface area contributed by atoms with E-state index < -0.39 is 0 Å². The van der Waals surface area contributed by atoms with Crippen LogP contribution in [0.2, 0.25) is 0 Å². The normalized spacial score (nSPS) is 21.8. The SMILES string of the molecule is C=Cc1ccc(C23CC4CC(C2)CC(c2ccc(N(c5ccc(CCCC)cc5)c5cc6c(cc5C)-c5cc(C)c(N(c7ccc(C)cc7)c7ccc(C)cc7)cc5C6(C)C)cc2)(C4)C3)cc1. The van der Waals surface area contributed by atoms with E-state index in [-0.39, 0.29) is 16.2 Å². The van der Waals surface area contributed by atoms with Crippen LogP contribution in [0.5, 0.6) is 0 Å². The molecule has 7 aromatic carbocycles. The highest BCUT2D eigenvalue weighted by Crippen LogP contribution is 2.66. The van der Waals surface area contributed by atoms with Crippen molar-refractivity contribution in [3.63, 3.8) is 0 Å². The lowest BCUT2D eigenvalue weighted by Gasteiger charge is -2.63. The van der Waals surface area contributed by atoms with Gasteiger partial charge in [-0.1, -0.05) is 124 Å². The maximum atomic E-state index is 4.04. The molecule has 4 saturated carbocycles. The summed E-state index contributed by atoms with van der Waals surface area (Å²) in [6.45, 7) is 20.1. The summed E-state index contributed by atoms with van der Waals surface area (Å²) in [5.74, 6) is 1.61. The number of benzene rings is 7. The van der Waals surface area contributed by atoms with Gasteiger partial charge in [0.25, 0.3) is 0 Å². The van der Waals surface area contributed by atoms with Gasteiger partial charge in [-0.15, -0.1) is 0 Å². The number of anilines is 6. The molecule has 0 aromatic heterocycles. The van der Waals surface area contributed by atoms with Crippen LogP contribution in [0.1, 0.15) is 128 Å². The first-order valence-electron chi connectivity index (χ1n) is 25.3. The van der Waals surface area contributed by atoms with Gasteiger partial charge >= 0.3 is 0 Å². The number of rotatable bonds is 12. The summed E-state index contributed by atoms with van der Waals surface area (Å²) in [6, 6.07) is 56.8. The number of hydrogen-bond donors (Lipinski definition) is 0. The van der Waals surface area contributed by atoms with E-state index >= 15 is 0 Å². The first kappa shape index (κ1) is 43.5. The maximum Gasteiger partial charge on any atom is 0.0494 e. The van der Waals surface area contributed by atoms with E-state index in [9.17, 15) is 0 Å². The predicted molar refractivity (Wildman–Crippen MR) is 286 cm³/mol. The predicted octanol–water partition coefficient (Wildman–Crippen LogP) is 17.9. The molecule has 0 aliphatic heterocycles. The van der Waals surface area contributed by atoms with Crippen LogP contribution >= 0.6 is 0 Å². The molecule has 338 valence electrons. The number of unbranched alkanes of at least 4 members (excludes halogenated alkanes) is 1. The van der Waals surface area contributed by atoms with Gasteiger partial charge in [0.1, 0.15) is 0 Å². The highest BCUT2D eigenvalue weighted by molar-refractivity contribution is 5.90. The Morgan fingerprint density at radius 3 is 1.36 bits per heavy atom. The lowest BCUT2D eigenvalue weighted by Crippen LogP contribution is -2.55. The van der Waals surface area contributed by atoms with Crippen LogP contribution in [0.15, 0.2) is 152 Å². The third-order valence-corrected chi connectivity index (χ3v) is 16.9. The first-order valence-corrected chi connectivity index (χ1v) is 25.3. The minimum Gasteiger partial charge on any atom is -0.310 e. The molecular formula is C65H68N2. The quantitative estimate of drug-likeness (QED) is 0.121. The fourth-order valence-corrected chi connectivity index (χ4v) is 13.8. The molecule has 5 aliphatic rings. The van der Waals surface area contributed by atoms with E-state index in [1.54, 1.807) is 11.1 Å². The summed E-state index contributed by atoms with van der Waals surface area (Å²) in [5.41, 5.74) is 23.8. The maximum absolute atomic E-state index is 4.04. The summed E-state index contributed by atoms with van der Waals surface area (Å²) >= 11 is 0. The van der Waals surface area contributed by atoms with Crippen LogP contribution in [0, 0.1) is 39.5 Å². The molecule has 0 spiro atoms. The number of fused-ring (bicyclic) bond motifs is 3. The van der Waals surface area contributed by atoms with Crippen molar-refractivity contribution in [2.24, 2.45) is 11.8 Å². The van der Waals surface area contributed by atoms with Crippen molar-refractivity contribution < 1.29 is 0 Å². The fraction of sp³-hybridized carbons (Fsp3) is 0.323. The van der Waals surface area contributed by atoms with Crippen molar-refractivity contribution in [1.29, 1.82) is 0 Å². The van der Waals surface area contributed by atoms with E-state index in [0.29, 0.717) is 0 Å². The van der Waals surface area contributed by atoms with E-state index in [1.807, 2.05) is 6.08 Å². The highest BCUT2D eigenvalue weighted by Gasteiger charge is 2.58. The average Bonchev–Trinajstić information content (AvgIpc) is 3.53. The lowest BCUT2D eigenvalue weighted by atomic mass is 9.42. The van der Waals surface area contributed by atoms with Gasteiger partial charge in [-0.2, -0.15) is 0 Å².